The van der Waals surface area contributed by atoms with Crippen LogP contribution in [0.5, 0.6) is 0 Å². The van der Waals surface area contributed by atoms with E-state index in [0.717, 1.165) is 0 Å². The number of anilines is 2. The SMILES string of the molecule is CC(=O)c1cccc(C(CP(=O)(O)O)(c2cccc(C(C)=O)c2)N2CCCNc3c2c(=O)c3=O)c1. The highest BCUT2D eigenvalue weighted by Crippen LogP contribution is 2.51. The van der Waals surface area contributed by atoms with E-state index in [1.165, 1.54) is 13.8 Å². The minimum Gasteiger partial charge on any atom is -0.380 e. The van der Waals surface area contributed by atoms with Crippen LogP contribution in [0.2, 0.25) is 0 Å². The number of rotatable bonds is 7. The summed E-state index contributed by atoms with van der Waals surface area (Å²) >= 11 is 0. The first-order valence-corrected chi connectivity index (χ1v) is 12.9. The first-order chi connectivity index (χ1) is 16.5. The van der Waals surface area contributed by atoms with Gasteiger partial charge >= 0.3 is 7.60 Å². The lowest BCUT2D eigenvalue weighted by atomic mass is 9.80. The molecule has 0 aromatic heterocycles. The van der Waals surface area contributed by atoms with Crippen LogP contribution < -0.4 is 21.1 Å². The Morgan fingerprint density at radius 3 is 2.00 bits per heavy atom. The third-order valence-corrected chi connectivity index (χ3v) is 7.27. The molecule has 0 bridgehead atoms. The Morgan fingerprint density at radius 2 is 1.51 bits per heavy atom. The van der Waals surface area contributed by atoms with Crippen molar-refractivity contribution in [2.45, 2.75) is 25.8 Å². The van der Waals surface area contributed by atoms with Gasteiger partial charge in [0, 0.05) is 24.2 Å². The molecule has 0 atom stereocenters. The number of hydrogen-bond donors (Lipinski definition) is 3. The zero-order valence-corrected chi connectivity index (χ0v) is 20.2. The lowest BCUT2D eigenvalue weighted by Gasteiger charge is -2.46. The van der Waals surface area contributed by atoms with E-state index in [-0.39, 0.29) is 29.5 Å². The molecule has 0 spiro atoms. The van der Waals surface area contributed by atoms with E-state index >= 15 is 0 Å². The summed E-state index contributed by atoms with van der Waals surface area (Å²) in [5, 5.41) is 2.95. The lowest BCUT2D eigenvalue weighted by Crippen LogP contribution is -2.55. The number of fused-ring (bicyclic) bond motifs is 1. The first kappa shape index (κ1) is 24.7. The number of hydrogen-bond acceptors (Lipinski definition) is 7. The molecular weight excluding hydrogens is 471 g/mol. The highest BCUT2D eigenvalue weighted by Gasteiger charge is 2.49. The maximum atomic E-state index is 12.8. The van der Waals surface area contributed by atoms with Crippen molar-refractivity contribution in [2.24, 2.45) is 0 Å². The standard InChI is InChI=1S/C25H25N2O7P/c1-15(28)17-6-3-8-19(12-17)25(14-35(32,33)34,20-9-4-7-18(13-20)16(2)29)27-11-5-10-26-21-22(27)24(31)23(21)30/h3-4,6-9,12-13,26H,5,10-11,14H2,1-2H3,(H2,32,33,34). The van der Waals surface area contributed by atoms with E-state index in [4.69, 9.17) is 0 Å². The number of carbonyl (C=O) groups is 2. The van der Waals surface area contributed by atoms with Crippen LogP contribution in [0.4, 0.5) is 11.4 Å². The highest BCUT2D eigenvalue weighted by molar-refractivity contribution is 7.51. The lowest BCUT2D eigenvalue weighted by molar-refractivity contribution is 0.100. The van der Waals surface area contributed by atoms with Gasteiger partial charge in [0.05, 0.1) is 6.16 Å². The summed E-state index contributed by atoms with van der Waals surface area (Å²) in [6.07, 6.45) is -0.282. The molecule has 35 heavy (non-hydrogen) atoms. The van der Waals surface area contributed by atoms with Crippen LogP contribution in [0.1, 0.15) is 52.1 Å². The van der Waals surface area contributed by atoms with Gasteiger partial charge in [-0.15, -0.1) is 0 Å². The van der Waals surface area contributed by atoms with Crippen molar-refractivity contribution in [3.05, 3.63) is 91.2 Å². The fraction of sp³-hybridized carbons (Fsp3) is 0.280. The average Bonchev–Trinajstić information content (AvgIpc) is 3.02. The molecule has 0 saturated carbocycles. The number of carbonyl (C=O) groups excluding carboxylic acids is 2. The number of ketones is 2. The second kappa shape index (κ2) is 9.00. The quantitative estimate of drug-likeness (QED) is 0.255. The van der Waals surface area contributed by atoms with Crippen molar-refractivity contribution in [3.8, 4) is 0 Å². The van der Waals surface area contributed by atoms with Crippen LogP contribution in [0, 0.1) is 0 Å². The summed E-state index contributed by atoms with van der Waals surface area (Å²) in [7, 11) is -4.78. The van der Waals surface area contributed by atoms with Gasteiger partial charge in [-0.3, -0.25) is 23.7 Å². The molecule has 3 aromatic carbocycles. The van der Waals surface area contributed by atoms with Crippen molar-refractivity contribution < 1.29 is 23.9 Å². The highest BCUT2D eigenvalue weighted by atomic mass is 31.2. The molecule has 1 aliphatic rings. The summed E-state index contributed by atoms with van der Waals surface area (Å²) in [5.41, 5.74) is -1.60. The Balaban J connectivity index is 2.13. The minimum atomic E-state index is -4.78. The van der Waals surface area contributed by atoms with Gasteiger partial charge < -0.3 is 20.0 Å². The fourth-order valence-corrected chi connectivity index (χ4v) is 5.91. The van der Waals surface area contributed by atoms with Crippen molar-refractivity contribution >= 4 is 30.5 Å². The molecule has 0 radical (unpaired) electrons. The molecule has 182 valence electrons. The Kier molecular flexibility index (Phi) is 6.36. The van der Waals surface area contributed by atoms with Crippen LogP contribution >= 0.6 is 7.60 Å². The van der Waals surface area contributed by atoms with E-state index in [1.807, 2.05) is 0 Å². The van der Waals surface area contributed by atoms with Crippen LogP contribution in [-0.4, -0.2) is 40.6 Å². The molecule has 1 heterocycles. The van der Waals surface area contributed by atoms with Crippen LogP contribution in [0.15, 0.2) is 58.1 Å². The third-order valence-electron chi connectivity index (χ3n) is 6.40. The van der Waals surface area contributed by atoms with E-state index in [2.05, 4.69) is 5.32 Å². The van der Waals surface area contributed by atoms with Crippen LogP contribution in [0.3, 0.4) is 0 Å². The molecule has 9 nitrogen and oxygen atoms in total. The third kappa shape index (κ3) is 4.38. The first-order valence-electron chi connectivity index (χ1n) is 11.1. The maximum absolute atomic E-state index is 12.8. The molecule has 0 aliphatic carbocycles. The summed E-state index contributed by atoms with van der Waals surface area (Å²) in [6, 6.07) is 12.7. The summed E-state index contributed by atoms with van der Waals surface area (Å²) in [5.74, 6) is -0.497. The molecule has 0 fully saturated rings. The molecule has 0 unspecified atom stereocenters. The van der Waals surface area contributed by atoms with E-state index in [0.29, 0.717) is 35.2 Å². The Labute approximate surface area is 201 Å². The Morgan fingerprint density at radius 1 is 0.971 bits per heavy atom. The Bertz CT molecular complexity index is 1390. The number of nitrogens with zero attached hydrogens (tertiary/aromatic N) is 1. The predicted molar refractivity (Wildman–Crippen MR) is 132 cm³/mol. The maximum Gasteiger partial charge on any atom is 0.328 e. The minimum absolute atomic E-state index is 0.0439. The van der Waals surface area contributed by atoms with Crippen molar-refractivity contribution in [1.29, 1.82) is 0 Å². The molecule has 10 heteroatoms. The second-order valence-corrected chi connectivity index (χ2v) is 10.4. The van der Waals surface area contributed by atoms with Crippen LogP contribution in [-0.2, 0) is 10.1 Å². The van der Waals surface area contributed by atoms with Gasteiger partial charge in [-0.05, 0) is 43.5 Å². The van der Waals surface area contributed by atoms with Crippen LogP contribution in [0.25, 0.3) is 0 Å². The van der Waals surface area contributed by atoms with Crippen molar-refractivity contribution in [3.63, 3.8) is 0 Å². The number of Topliss-reactive ketones (excluding diaryl/α,β-unsaturated/α-hetero) is 2. The average molecular weight is 496 g/mol. The van der Waals surface area contributed by atoms with E-state index in [9.17, 15) is 33.5 Å². The molecule has 0 amide bonds. The topological polar surface area (TPSA) is 141 Å². The van der Waals surface area contributed by atoms with E-state index in [1.54, 1.807) is 53.4 Å². The number of nitrogens with one attached hydrogen (secondary N) is 1. The van der Waals surface area contributed by atoms with E-state index < -0.39 is 30.2 Å². The fourth-order valence-electron chi connectivity index (χ4n) is 4.78. The van der Waals surface area contributed by atoms with Gasteiger partial charge in [0.15, 0.2) is 11.6 Å². The summed E-state index contributed by atoms with van der Waals surface area (Å²) in [6.45, 7) is 3.34. The van der Waals surface area contributed by atoms with Gasteiger partial charge in [-0.25, -0.2) is 0 Å². The van der Waals surface area contributed by atoms with Crippen molar-refractivity contribution in [1.82, 2.24) is 0 Å². The predicted octanol–water partition coefficient (Wildman–Crippen LogP) is 2.43. The van der Waals surface area contributed by atoms with Gasteiger partial charge in [0.1, 0.15) is 16.9 Å². The number of benzene rings is 2. The largest absolute Gasteiger partial charge is 0.380 e. The van der Waals surface area contributed by atoms with Gasteiger partial charge in [0.25, 0.3) is 10.9 Å². The molecular formula is C25H25N2O7P. The zero-order chi connectivity index (χ0) is 25.5. The molecule has 0 saturated heterocycles. The summed E-state index contributed by atoms with van der Waals surface area (Å²) < 4.78 is 12.7. The second-order valence-electron chi connectivity index (χ2n) is 8.77. The summed E-state index contributed by atoms with van der Waals surface area (Å²) in [4.78, 5) is 71.7. The molecule has 1 aliphatic heterocycles. The van der Waals surface area contributed by atoms with Crippen molar-refractivity contribution in [2.75, 3.05) is 29.5 Å². The monoisotopic (exact) mass is 496 g/mol. The Hall–Kier alpha value is -3.39. The normalized spacial score (nSPS) is 14.2. The smallest absolute Gasteiger partial charge is 0.328 e. The van der Waals surface area contributed by atoms with Gasteiger partial charge in [-0.2, -0.15) is 0 Å². The van der Waals surface area contributed by atoms with Gasteiger partial charge in [0.2, 0.25) is 0 Å². The molecule has 3 N–H and O–H groups in total. The zero-order valence-electron chi connectivity index (χ0n) is 19.3. The van der Waals surface area contributed by atoms with Gasteiger partial charge in [-0.1, -0.05) is 36.4 Å². The molecule has 4 rings (SSSR count). The molecule has 3 aromatic rings.